The third kappa shape index (κ3) is 2.90. The number of nitrogens with one attached hydrogen (secondary N) is 1. The molecule has 0 aromatic heterocycles. The average molecular weight is 280 g/mol. The normalized spacial score (nSPS) is 35.7. The molecular weight excluding hydrogens is 248 g/mol. The second-order valence-electron chi connectivity index (χ2n) is 7.75. The van der Waals surface area contributed by atoms with Crippen molar-refractivity contribution in [1.29, 1.82) is 0 Å². The summed E-state index contributed by atoms with van der Waals surface area (Å²) in [6.45, 7) is 5.64. The van der Waals surface area contributed by atoms with Gasteiger partial charge < -0.3 is 15.3 Å². The molecule has 0 amide bonds. The number of aliphatic hydroxyl groups is 1. The molecule has 3 rings (SSSR count). The maximum Gasteiger partial charge on any atom is 0.0628 e. The Bertz CT molecular complexity index is 331. The first-order valence-corrected chi connectivity index (χ1v) is 8.71. The molecule has 0 aromatic rings. The van der Waals surface area contributed by atoms with Crippen LogP contribution < -0.4 is 5.32 Å². The molecule has 3 fully saturated rings. The Morgan fingerprint density at radius 2 is 2.00 bits per heavy atom. The van der Waals surface area contributed by atoms with Crippen molar-refractivity contribution in [3.8, 4) is 0 Å². The van der Waals surface area contributed by atoms with Crippen molar-refractivity contribution in [2.45, 2.75) is 51.0 Å². The molecule has 3 saturated carbocycles. The molecule has 3 heteroatoms. The van der Waals surface area contributed by atoms with E-state index in [4.69, 9.17) is 0 Å². The molecule has 4 unspecified atom stereocenters. The van der Waals surface area contributed by atoms with E-state index in [2.05, 4.69) is 24.2 Å². The number of hydrogen-bond donors (Lipinski definition) is 2. The van der Waals surface area contributed by atoms with E-state index in [1.807, 2.05) is 0 Å². The molecule has 0 heterocycles. The summed E-state index contributed by atoms with van der Waals surface area (Å²) in [6.07, 6.45) is 8.51. The molecule has 2 N–H and O–H groups in total. The standard InChI is InChI=1S/C17H32N2O/c1-3-18-17(12-20,16-6-7-16)11-19(2)10-15-9-13-4-5-14(15)8-13/h13-16,18,20H,3-12H2,1-2H3. The summed E-state index contributed by atoms with van der Waals surface area (Å²) in [5.74, 6) is 3.66. The molecule has 0 saturated heterocycles. The Hall–Kier alpha value is -0.120. The van der Waals surface area contributed by atoms with Gasteiger partial charge in [0, 0.05) is 13.1 Å². The van der Waals surface area contributed by atoms with Crippen LogP contribution in [0.25, 0.3) is 0 Å². The predicted molar refractivity (Wildman–Crippen MR) is 82.7 cm³/mol. The lowest BCUT2D eigenvalue weighted by atomic mass is 9.87. The number of aliphatic hydroxyl groups excluding tert-OH is 1. The summed E-state index contributed by atoms with van der Waals surface area (Å²) < 4.78 is 0. The first kappa shape index (κ1) is 14.8. The van der Waals surface area contributed by atoms with Crippen molar-refractivity contribution in [1.82, 2.24) is 10.2 Å². The summed E-state index contributed by atoms with van der Waals surface area (Å²) in [4.78, 5) is 2.50. The molecular formula is C17H32N2O. The topological polar surface area (TPSA) is 35.5 Å². The van der Waals surface area contributed by atoms with Crippen molar-refractivity contribution < 1.29 is 5.11 Å². The Morgan fingerprint density at radius 1 is 1.20 bits per heavy atom. The second-order valence-corrected chi connectivity index (χ2v) is 7.75. The molecule has 0 aliphatic heterocycles. The van der Waals surface area contributed by atoms with Crippen LogP contribution in [-0.2, 0) is 0 Å². The van der Waals surface area contributed by atoms with Gasteiger partial charge in [0.25, 0.3) is 0 Å². The summed E-state index contributed by atoms with van der Waals surface area (Å²) in [7, 11) is 2.26. The molecule has 0 spiro atoms. The highest BCUT2D eigenvalue weighted by atomic mass is 16.3. The van der Waals surface area contributed by atoms with E-state index in [-0.39, 0.29) is 12.1 Å². The Morgan fingerprint density at radius 3 is 2.50 bits per heavy atom. The fourth-order valence-electron chi connectivity index (χ4n) is 5.10. The van der Waals surface area contributed by atoms with E-state index in [1.165, 1.54) is 45.1 Å². The Kier molecular flexibility index (Phi) is 4.40. The lowest BCUT2D eigenvalue weighted by molar-refractivity contribution is 0.0906. The minimum atomic E-state index is -0.0406. The third-order valence-corrected chi connectivity index (χ3v) is 6.15. The van der Waals surface area contributed by atoms with Gasteiger partial charge in [-0.15, -0.1) is 0 Å². The van der Waals surface area contributed by atoms with Gasteiger partial charge in [-0.25, -0.2) is 0 Å². The molecule has 0 aromatic carbocycles. The van der Waals surface area contributed by atoms with E-state index < -0.39 is 0 Å². The molecule has 116 valence electrons. The highest BCUT2D eigenvalue weighted by molar-refractivity contribution is 5.03. The SMILES string of the molecule is CCNC(CO)(CN(C)CC1CC2CCC1C2)C1CC1. The first-order valence-electron chi connectivity index (χ1n) is 8.71. The number of likely N-dealkylation sites (N-methyl/N-ethyl adjacent to an activating group) is 2. The summed E-state index contributed by atoms with van der Waals surface area (Å²) in [6, 6.07) is 0. The molecule has 3 nitrogen and oxygen atoms in total. The van der Waals surface area contributed by atoms with E-state index in [9.17, 15) is 5.11 Å². The van der Waals surface area contributed by atoms with Gasteiger partial charge >= 0.3 is 0 Å². The lowest BCUT2D eigenvalue weighted by Gasteiger charge is -2.38. The molecule has 4 atom stereocenters. The Labute approximate surface area is 124 Å². The lowest BCUT2D eigenvalue weighted by Crippen LogP contribution is -2.57. The minimum absolute atomic E-state index is 0.0406. The quantitative estimate of drug-likeness (QED) is 0.715. The summed E-state index contributed by atoms with van der Waals surface area (Å²) >= 11 is 0. The second kappa shape index (κ2) is 5.94. The zero-order chi connectivity index (χ0) is 14.2. The van der Waals surface area contributed by atoms with Gasteiger partial charge in [0.05, 0.1) is 12.1 Å². The van der Waals surface area contributed by atoms with Gasteiger partial charge in [-0.1, -0.05) is 13.3 Å². The number of hydrogen-bond acceptors (Lipinski definition) is 3. The fourth-order valence-corrected chi connectivity index (χ4v) is 5.10. The summed E-state index contributed by atoms with van der Waals surface area (Å²) in [5.41, 5.74) is -0.0406. The summed E-state index contributed by atoms with van der Waals surface area (Å²) in [5, 5.41) is 13.5. The molecule has 0 radical (unpaired) electrons. The highest BCUT2D eigenvalue weighted by Gasteiger charge is 2.46. The predicted octanol–water partition coefficient (Wildman–Crippen LogP) is 2.10. The van der Waals surface area contributed by atoms with Crippen LogP contribution >= 0.6 is 0 Å². The number of nitrogens with zero attached hydrogens (tertiary/aromatic N) is 1. The van der Waals surface area contributed by atoms with Crippen molar-refractivity contribution in [2.75, 3.05) is 33.3 Å². The fraction of sp³-hybridized carbons (Fsp3) is 1.00. The smallest absolute Gasteiger partial charge is 0.0628 e. The van der Waals surface area contributed by atoms with Crippen LogP contribution in [0, 0.1) is 23.7 Å². The molecule has 2 bridgehead atoms. The van der Waals surface area contributed by atoms with Crippen LogP contribution in [0.1, 0.15) is 45.4 Å². The number of fused-ring (bicyclic) bond motifs is 2. The highest BCUT2D eigenvalue weighted by Crippen LogP contribution is 2.48. The first-order chi connectivity index (χ1) is 9.66. The maximum atomic E-state index is 9.94. The van der Waals surface area contributed by atoms with Crippen LogP contribution in [0.2, 0.25) is 0 Å². The largest absolute Gasteiger partial charge is 0.394 e. The van der Waals surface area contributed by atoms with Crippen LogP contribution in [0.15, 0.2) is 0 Å². The average Bonchev–Trinajstić information content (AvgIpc) is 3.10. The van der Waals surface area contributed by atoms with Gasteiger partial charge in [0.1, 0.15) is 0 Å². The third-order valence-electron chi connectivity index (χ3n) is 6.15. The van der Waals surface area contributed by atoms with Gasteiger partial charge in [0.15, 0.2) is 0 Å². The minimum Gasteiger partial charge on any atom is -0.394 e. The van der Waals surface area contributed by atoms with Gasteiger partial charge in [0.2, 0.25) is 0 Å². The van der Waals surface area contributed by atoms with Crippen LogP contribution in [0.5, 0.6) is 0 Å². The van der Waals surface area contributed by atoms with E-state index in [0.717, 1.165) is 30.8 Å². The van der Waals surface area contributed by atoms with Gasteiger partial charge in [-0.2, -0.15) is 0 Å². The Balaban J connectivity index is 1.55. The van der Waals surface area contributed by atoms with Crippen LogP contribution in [-0.4, -0.2) is 48.8 Å². The van der Waals surface area contributed by atoms with Crippen molar-refractivity contribution in [2.24, 2.45) is 23.7 Å². The van der Waals surface area contributed by atoms with Crippen molar-refractivity contribution >= 4 is 0 Å². The van der Waals surface area contributed by atoms with E-state index >= 15 is 0 Å². The van der Waals surface area contributed by atoms with E-state index in [0.29, 0.717) is 5.92 Å². The van der Waals surface area contributed by atoms with Crippen LogP contribution in [0.3, 0.4) is 0 Å². The van der Waals surface area contributed by atoms with Crippen LogP contribution in [0.4, 0.5) is 0 Å². The van der Waals surface area contributed by atoms with Gasteiger partial charge in [-0.3, -0.25) is 0 Å². The zero-order valence-electron chi connectivity index (χ0n) is 13.3. The van der Waals surface area contributed by atoms with Crippen molar-refractivity contribution in [3.63, 3.8) is 0 Å². The van der Waals surface area contributed by atoms with Gasteiger partial charge in [-0.05, 0) is 69.4 Å². The number of rotatable bonds is 8. The monoisotopic (exact) mass is 280 g/mol. The molecule has 3 aliphatic carbocycles. The zero-order valence-corrected chi connectivity index (χ0v) is 13.3. The molecule has 3 aliphatic rings. The van der Waals surface area contributed by atoms with E-state index in [1.54, 1.807) is 0 Å². The van der Waals surface area contributed by atoms with Crippen molar-refractivity contribution in [3.05, 3.63) is 0 Å². The maximum absolute atomic E-state index is 9.94. The molecule has 20 heavy (non-hydrogen) atoms.